The molecule has 2 fully saturated rings. The number of fused-ring (bicyclic) bond motifs is 6. The fourth-order valence-electron chi connectivity index (χ4n) is 6.33. The summed E-state index contributed by atoms with van der Waals surface area (Å²) in [5.41, 5.74) is -0.0580. The second-order valence-corrected chi connectivity index (χ2v) is 12.8. The summed E-state index contributed by atoms with van der Waals surface area (Å²) in [7, 11) is 0. The standard InChI is InChI=1S/C26H22BrF3N2O2S2/c27-16-5-3-4-13(11-16)21-20-14-8-9-15(10-14)22(20)35-24-23(21)36-25(34)32(24)12-19(33)31-18-7-2-1-6-17(18)26(28,29)30/h1-7,11,14-15,20-22H,8-10,12H2,(H,31,33)/t14?,15?,20?,21-,22?/m1/s1. The number of aromatic nitrogens is 1. The minimum atomic E-state index is -4.59. The Morgan fingerprint density at radius 2 is 1.89 bits per heavy atom. The Labute approximate surface area is 222 Å². The molecule has 3 aliphatic rings. The molecule has 4 nitrogen and oxygen atoms in total. The number of alkyl halides is 3. The van der Waals surface area contributed by atoms with E-state index in [-0.39, 0.29) is 23.0 Å². The highest BCUT2D eigenvalue weighted by atomic mass is 79.9. The van der Waals surface area contributed by atoms with Crippen molar-refractivity contribution in [1.82, 2.24) is 4.57 Å². The van der Waals surface area contributed by atoms with Gasteiger partial charge in [-0.25, -0.2) is 0 Å². The molecular weight excluding hydrogens is 573 g/mol. The number of hydrogen-bond acceptors (Lipinski definition) is 4. The number of thioether (sulfide) groups is 1. The molecule has 1 aromatic heterocycles. The molecule has 5 atom stereocenters. The largest absolute Gasteiger partial charge is 0.418 e. The molecule has 0 saturated heterocycles. The molecule has 6 rings (SSSR count). The molecule has 0 spiro atoms. The highest BCUT2D eigenvalue weighted by Gasteiger charge is 2.55. The summed E-state index contributed by atoms with van der Waals surface area (Å²) in [6, 6.07) is 13.1. The van der Waals surface area contributed by atoms with E-state index >= 15 is 0 Å². The van der Waals surface area contributed by atoms with Crippen LogP contribution in [0.15, 0.2) is 62.8 Å². The lowest BCUT2D eigenvalue weighted by Crippen LogP contribution is -2.35. The van der Waals surface area contributed by atoms with Crippen LogP contribution in [0.5, 0.6) is 0 Å². The van der Waals surface area contributed by atoms with Gasteiger partial charge in [0.2, 0.25) is 5.91 Å². The van der Waals surface area contributed by atoms with Gasteiger partial charge in [-0.3, -0.25) is 14.2 Å². The molecule has 2 saturated carbocycles. The van der Waals surface area contributed by atoms with Crippen molar-refractivity contribution >= 4 is 50.6 Å². The van der Waals surface area contributed by atoms with Crippen LogP contribution in [0, 0.1) is 17.8 Å². The third kappa shape index (κ3) is 4.15. The maximum Gasteiger partial charge on any atom is 0.418 e. The number of halogens is 4. The average molecular weight is 596 g/mol. The van der Waals surface area contributed by atoms with Crippen LogP contribution in [0.1, 0.15) is 41.2 Å². The number of anilines is 1. The van der Waals surface area contributed by atoms with Crippen molar-refractivity contribution in [3.63, 3.8) is 0 Å². The Morgan fingerprint density at radius 3 is 2.67 bits per heavy atom. The van der Waals surface area contributed by atoms with Gasteiger partial charge < -0.3 is 5.32 Å². The van der Waals surface area contributed by atoms with Gasteiger partial charge in [0.05, 0.1) is 16.3 Å². The van der Waals surface area contributed by atoms with Gasteiger partial charge in [-0.2, -0.15) is 13.2 Å². The van der Waals surface area contributed by atoms with E-state index in [9.17, 15) is 22.8 Å². The van der Waals surface area contributed by atoms with Crippen molar-refractivity contribution in [2.45, 2.75) is 48.2 Å². The number of nitrogens with one attached hydrogen (secondary N) is 1. The normalized spacial score (nSPS) is 26.5. The van der Waals surface area contributed by atoms with E-state index < -0.39 is 17.6 Å². The zero-order chi connectivity index (χ0) is 25.2. The van der Waals surface area contributed by atoms with Crippen molar-refractivity contribution in [3.8, 4) is 0 Å². The zero-order valence-electron chi connectivity index (χ0n) is 18.9. The number of amides is 1. The predicted octanol–water partition coefficient (Wildman–Crippen LogP) is 6.98. The number of para-hydroxylation sites is 1. The monoisotopic (exact) mass is 594 g/mol. The van der Waals surface area contributed by atoms with Gasteiger partial charge in [0.1, 0.15) is 6.54 Å². The first kappa shape index (κ1) is 24.3. The Balaban J connectivity index is 1.35. The Kier molecular flexibility index (Phi) is 6.12. The Bertz CT molecular complexity index is 1400. The van der Waals surface area contributed by atoms with Gasteiger partial charge in [-0.05, 0) is 66.8 Å². The van der Waals surface area contributed by atoms with E-state index in [0.29, 0.717) is 23.0 Å². The van der Waals surface area contributed by atoms with Crippen LogP contribution in [-0.2, 0) is 17.5 Å². The van der Waals surface area contributed by atoms with Crippen molar-refractivity contribution < 1.29 is 18.0 Å². The van der Waals surface area contributed by atoms with Crippen LogP contribution in [0.2, 0.25) is 0 Å². The maximum absolute atomic E-state index is 13.4. The van der Waals surface area contributed by atoms with Crippen LogP contribution in [0.25, 0.3) is 0 Å². The Morgan fingerprint density at radius 1 is 1.11 bits per heavy atom. The average Bonchev–Trinajstić information content (AvgIpc) is 3.52. The summed E-state index contributed by atoms with van der Waals surface area (Å²) in [6.07, 6.45) is -1.00. The molecule has 2 aliphatic carbocycles. The molecule has 2 heterocycles. The molecular formula is C26H22BrF3N2O2S2. The molecule has 3 aromatic rings. The highest BCUT2D eigenvalue weighted by Crippen LogP contribution is 2.64. The molecule has 0 radical (unpaired) electrons. The summed E-state index contributed by atoms with van der Waals surface area (Å²) >= 11 is 6.45. The maximum atomic E-state index is 13.4. The molecule has 10 heteroatoms. The first-order valence-corrected chi connectivity index (χ1v) is 14.3. The van der Waals surface area contributed by atoms with Crippen molar-refractivity contribution in [2.75, 3.05) is 5.32 Å². The fourth-order valence-corrected chi connectivity index (χ4v) is 9.90. The Hall–Kier alpha value is -2.04. The molecule has 36 heavy (non-hydrogen) atoms. The SMILES string of the molecule is O=C(Cn1c2c(sc1=O)[C@H](c1cccc(Br)c1)C1C3CCC(C3)C1S2)Nc1ccccc1C(F)(F)F. The highest BCUT2D eigenvalue weighted by molar-refractivity contribution is 9.10. The number of rotatable bonds is 4. The number of carbonyl (C=O) groups excluding carboxylic acids is 1. The van der Waals surface area contributed by atoms with Crippen LogP contribution in [0.3, 0.4) is 0 Å². The van der Waals surface area contributed by atoms with E-state index in [1.54, 1.807) is 11.8 Å². The fraction of sp³-hybridized carbons (Fsp3) is 0.385. The first-order chi connectivity index (χ1) is 17.2. The summed E-state index contributed by atoms with van der Waals surface area (Å²) in [6.45, 7) is -0.319. The lowest BCUT2D eigenvalue weighted by molar-refractivity contribution is -0.137. The van der Waals surface area contributed by atoms with Crippen molar-refractivity contribution in [2.24, 2.45) is 17.8 Å². The molecule has 1 aliphatic heterocycles. The van der Waals surface area contributed by atoms with Crippen LogP contribution in [0.4, 0.5) is 18.9 Å². The molecule has 4 unspecified atom stereocenters. The van der Waals surface area contributed by atoms with Crippen LogP contribution in [-0.4, -0.2) is 15.7 Å². The zero-order valence-corrected chi connectivity index (χ0v) is 22.1. The molecule has 1 N–H and O–H groups in total. The number of hydrogen-bond donors (Lipinski definition) is 1. The van der Waals surface area contributed by atoms with E-state index in [0.717, 1.165) is 26.0 Å². The summed E-state index contributed by atoms with van der Waals surface area (Å²) in [5.74, 6) is 1.08. The van der Waals surface area contributed by atoms with Gasteiger partial charge in [0.15, 0.2) is 0 Å². The lowest BCUT2D eigenvalue weighted by atomic mass is 9.75. The van der Waals surface area contributed by atoms with Crippen molar-refractivity contribution in [1.29, 1.82) is 0 Å². The molecule has 2 aromatic carbocycles. The van der Waals surface area contributed by atoms with Gasteiger partial charge >= 0.3 is 11.0 Å². The number of benzene rings is 2. The second kappa shape index (κ2) is 9.06. The molecule has 2 bridgehead atoms. The number of carbonyl (C=O) groups is 1. The summed E-state index contributed by atoms with van der Waals surface area (Å²) in [5, 5.41) is 3.55. The van der Waals surface area contributed by atoms with Gasteiger partial charge in [-0.15, -0.1) is 11.8 Å². The minimum absolute atomic E-state index is 0.0759. The second-order valence-electron chi connectivity index (χ2n) is 9.74. The summed E-state index contributed by atoms with van der Waals surface area (Å²) < 4.78 is 42.6. The van der Waals surface area contributed by atoms with E-state index in [4.69, 9.17) is 0 Å². The topological polar surface area (TPSA) is 51.1 Å². The van der Waals surface area contributed by atoms with Gasteiger partial charge in [0.25, 0.3) is 0 Å². The smallest absolute Gasteiger partial charge is 0.324 e. The van der Waals surface area contributed by atoms with E-state index in [1.807, 2.05) is 12.1 Å². The van der Waals surface area contributed by atoms with Gasteiger partial charge in [-0.1, -0.05) is 51.5 Å². The molecule has 1 amide bonds. The minimum Gasteiger partial charge on any atom is -0.324 e. The quantitative estimate of drug-likeness (QED) is 0.354. The third-order valence-electron chi connectivity index (χ3n) is 7.71. The lowest BCUT2D eigenvalue weighted by Gasteiger charge is -2.40. The van der Waals surface area contributed by atoms with E-state index in [2.05, 4.69) is 33.4 Å². The van der Waals surface area contributed by atoms with Crippen LogP contribution >= 0.6 is 39.0 Å². The van der Waals surface area contributed by atoms with Gasteiger partial charge in [0, 0.05) is 20.5 Å². The van der Waals surface area contributed by atoms with Crippen LogP contribution < -0.4 is 10.2 Å². The predicted molar refractivity (Wildman–Crippen MR) is 139 cm³/mol. The summed E-state index contributed by atoms with van der Waals surface area (Å²) in [4.78, 5) is 26.8. The number of thiazole rings is 1. The number of nitrogens with zero attached hydrogens (tertiary/aromatic N) is 1. The molecule has 188 valence electrons. The van der Waals surface area contributed by atoms with Crippen molar-refractivity contribution in [3.05, 3.63) is 78.7 Å². The third-order valence-corrected chi connectivity index (χ3v) is 11.0. The first-order valence-electron chi connectivity index (χ1n) is 11.8. The van der Waals surface area contributed by atoms with E-state index in [1.165, 1.54) is 53.4 Å².